The summed E-state index contributed by atoms with van der Waals surface area (Å²) in [5, 5.41) is 1.94. The van der Waals surface area contributed by atoms with Gasteiger partial charge in [-0.15, -0.1) is 0 Å². The molecular formula is C30H40N2O5. The van der Waals surface area contributed by atoms with Crippen molar-refractivity contribution < 1.29 is 18.4 Å². The fraction of sp³-hybridized carbons (Fsp3) is 0.600. The molecule has 2 fully saturated rings. The number of carbonyl (C=O) groups excluding carboxylic acids is 1. The molecule has 0 radical (unpaired) electrons. The number of fused-ring (bicyclic) bond motifs is 3. The highest BCUT2D eigenvalue weighted by molar-refractivity contribution is 5.99. The standard InChI is InChI=1S/C30H40N2O5/c1-19-18-36-28-21(3)29-25(16-24(19)28)20(2)23(30(34)37-29)10-11-27(33)32(14-15-35-4)17-22-8-7-13-31-12-6-5-9-26(22)31/h16,18,22,26H,5-15,17H2,1-4H3. The Balaban J connectivity index is 1.35. The van der Waals surface area contributed by atoms with Crippen molar-refractivity contribution in [2.24, 2.45) is 5.92 Å². The number of benzene rings is 1. The number of rotatable bonds is 8. The Labute approximate surface area is 218 Å². The van der Waals surface area contributed by atoms with E-state index < -0.39 is 0 Å². The number of methoxy groups -OCH3 is 1. The first-order chi connectivity index (χ1) is 17.9. The zero-order chi connectivity index (χ0) is 26.1. The average molecular weight is 509 g/mol. The Hall–Kier alpha value is -2.64. The first kappa shape index (κ1) is 26.0. The molecule has 2 aliphatic rings. The van der Waals surface area contributed by atoms with Crippen LogP contribution in [0.15, 0.2) is 26.0 Å². The third-order valence-corrected chi connectivity index (χ3v) is 8.73. The van der Waals surface area contributed by atoms with Crippen molar-refractivity contribution in [3.8, 4) is 0 Å². The lowest BCUT2D eigenvalue weighted by Crippen LogP contribution is -2.52. The van der Waals surface area contributed by atoms with Crippen LogP contribution in [0.1, 0.15) is 60.8 Å². The summed E-state index contributed by atoms with van der Waals surface area (Å²) in [4.78, 5) is 31.1. The van der Waals surface area contributed by atoms with Crippen molar-refractivity contribution in [3.63, 3.8) is 0 Å². The summed E-state index contributed by atoms with van der Waals surface area (Å²) in [6.45, 7) is 10.1. The molecule has 4 heterocycles. The van der Waals surface area contributed by atoms with Crippen LogP contribution in [-0.2, 0) is 16.0 Å². The van der Waals surface area contributed by atoms with Gasteiger partial charge in [-0.05, 0) is 89.1 Å². The molecule has 1 aromatic carbocycles. The average Bonchev–Trinajstić information content (AvgIpc) is 3.27. The highest BCUT2D eigenvalue weighted by atomic mass is 16.5. The molecule has 0 bridgehead atoms. The Morgan fingerprint density at radius 1 is 1.08 bits per heavy atom. The maximum atomic E-state index is 13.5. The van der Waals surface area contributed by atoms with E-state index in [1.807, 2.05) is 31.7 Å². The van der Waals surface area contributed by atoms with E-state index in [4.69, 9.17) is 13.6 Å². The normalized spacial score (nSPS) is 20.4. The molecule has 200 valence electrons. The lowest BCUT2D eigenvalue weighted by Gasteiger charge is -2.45. The van der Waals surface area contributed by atoms with Crippen LogP contribution >= 0.6 is 0 Å². The zero-order valence-electron chi connectivity index (χ0n) is 22.7. The van der Waals surface area contributed by atoms with Crippen molar-refractivity contribution in [3.05, 3.63) is 45.0 Å². The molecule has 0 N–H and O–H groups in total. The Morgan fingerprint density at radius 3 is 2.70 bits per heavy atom. The lowest BCUT2D eigenvalue weighted by atomic mass is 9.83. The second kappa shape index (κ2) is 11.0. The van der Waals surface area contributed by atoms with E-state index in [9.17, 15) is 9.59 Å². The van der Waals surface area contributed by atoms with Crippen LogP contribution < -0.4 is 5.63 Å². The Morgan fingerprint density at radius 2 is 1.89 bits per heavy atom. The van der Waals surface area contributed by atoms with Gasteiger partial charge in [-0.1, -0.05) is 6.42 Å². The van der Waals surface area contributed by atoms with Gasteiger partial charge in [0.05, 0.1) is 12.9 Å². The van der Waals surface area contributed by atoms with Crippen LogP contribution in [0.5, 0.6) is 0 Å². The van der Waals surface area contributed by atoms with Gasteiger partial charge >= 0.3 is 5.63 Å². The zero-order valence-corrected chi connectivity index (χ0v) is 22.7. The first-order valence-electron chi connectivity index (χ1n) is 13.8. The highest BCUT2D eigenvalue weighted by Gasteiger charge is 2.34. The van der Waals surface area contributed by atoms with Gasteiger partial charge in [-0.3, -0.25) is 4.79 Å². The predicted octanol–water partition coefficient (Wildman–Crippen LogP) is 5.14. The molecule has 3 aromatic rings. The fourth-order valence-corrected chi connectivity index (χ4v) is 6.59. The van der Waals surface area contributed by atoms with Crippen LogP contribution in [0.2, 0.25) is 0 Å². The second-order valence-electron chi connectivity index (χ2n) is 11.0. The van der Waals surface area contributed by atoms with Crippen molar-refractivity contribution in [1.29, 1.82) is 0 Å². The largest absolute Gasteiger partial charge is 0.464 e. The first-order valence-corrected chi connectivity index (χ1v) is 13.8. The van der Waals surface area contributed by atoms with Crippen molar-refractivity contribution in [2.75, 3.05) is 39.9 Å². The molecule has 1 amide bonds. The van der Waals surface area contributed by atoms with Crippen molar-refractivity contribution in [1.82, 2.24) is 9.80 Å². The number of amides is 1. The highest BCUT2D eigenvalue weighted by Crippen LogP contribution is 2.33. The minimum Gasteiger partial charge on any atom is -0.464 e. The van der Waals surface area contributed by atoms with Gasteiger partial charge in [0.2, 0.25) is 5.91 Å². The molecule has 2 aromatic heterocycles. The fourth-order valence-electron chi connectivity index (χ4n) is 6.59. The smallest absolute Gasteiger partial charge is 0.339 e. The van der Waals surface area contributed by atoms with E-state index in [1.54, 1.807) is 13.4 Å². The number of nitrogens with zero attached hydrogens (tertiary/aromatic N) is 2. The number of carbonyl (C=O) groups is 1. The molecule has 2 saturated heterocycles. The van der Waals surface area contributed by atoms with E-state index in [2.05, 4.69) is 4.90 Å². The van der Waals surface area contributed by atoms with Gasteiger partial charge in [0.15, 0.2) is 0 Å². The molecule has 2 atom stereocenters. The topological polar surface area (TPSA) is 76.1 Å². The monoisotopic (exact) mass is 508 g/mol. The summed E-state index contributed by atoms with van der Waals surface area (Å²) in [6.07, 6.45) is 8.57. The minimum absolute atomic E-state index is 0.0844. The summed E-state index contributed by atoms with van der Waals surface area (Å²) in [6, 6.07) is 2.63. The number of hydrogen-bond acceptors (Lipinski definition) is 6. The second-order valence-corrected chi connectivity index (χ2v) is 11.0. The molecule has 7 nitrogen and oxygen atoms in total. The van der Waals surface area contributed by atoms with E-state index in [0.717, 1.165) is 39.6 Å². The van der Waals surface area contributed by atoms with Gasteiger partial charge in [0.25, 0.3) is 0 Å². The van der Waals surface area contributed by atoms with E-state index >= 15 is 0 Å². The number of ether oxygens (including phenoxy) is 1. The SMILES string of the molecule is COCCN(CC1CCCN2CCCCC12)C(=O)CCc1c(C)c2cc3c(C)coc3c(C)c2oc1=O. The van der Waals surface area contributed by atoms with Gasteiger partial charge in [-0.2, -0.15) is 0 Å². The van der Waals surface area contributed by atoms with Gasteiger partial charge in [0, 0.05) is 54.6 Å². The van der Waals surface area contributed by atoms with E-state index in [0.29, 0.717) is 42.7 Å². The number of aryl methyl sites for hydroxylation is 3. The van der Waals surface area contributed by atoms with E-state index in [1.165, 1.54) is 45.2 Å². The molecule has 2 unspecified atom stereocenters. The molecule has 5 rings (SSSR count). The molecule has 2 aliphatic heterocycles. The Kier molecular flexibility index (Phi) is 7.72. The van der Waals surface area contributed by atoms with E-state index in [-0.39, 0.29) is 18.0 Å². The van der Waals surface area contributed by atoms with Crippen LogP contribution in [0.25, 0.3) is 21.9 Å². The number of piperidine rings is 2. The number of furan rings is 1. The van der Waals surface area contributed by atoms with Crippen LogP contribution in [0, 0.1) is 26.7 Å². The summed E-state index contributed by atoms with van der Waals surface area (Å²) < 4.78 is 16.8. The summed E-state index contributed by atoms with van der Waals surface area (Å²) in [5.74, 6) is 0.590. The molecular weight excluding hydrogens is 468 g/mol. The van der Waals surface area contributed by atoms with Gasteiger partial charge < -0.3 is 23.4 Å². The predicted molar refractivity (Wildman–Crippen MR) is 145 cm³/mol. The molecule has 0 saturated carbocycles. The maximum Gasteiger partial charge on any atom is 0.339 e. The molecule has 7 heteroatoms. The Bertz CT molecular complexity index is 1340. The summed E-state index contributed by atoms with van der Waals surface area (Å²) in [5.41, 5.74) is 4.31. The maximum absolute atomic E-state index is 13.5. The summed E-state index contributed by atoms with van der Waals surface area (Å²) >= 11 is 0. The van der Waals surface area contributed by atoms with Gasteiger partial charge in [0.1, 0.15) is 11.2 Å². The quantitative estimate of drug-likeness (QED) is 0.393. The summed E-state index contributed by atoms with van der Waals surface area (Å²) in [7, 11) is 1.68. The number of hydrogen-bond donors (Lipinski definition) is 0. The van der Waals surface area contributed by atoms with Crippen LogP contribution in [-0.4, -0.2) is 61.6 Å². The van der Waals surface area contributed by atoms with Gasteiger partial charge in [-0.25, -0.2) is 4.79 Å². The molecule has 37 heavy (non-hydrogen) atoms. The molecule has 0 spiro atoms. The third-order valence-electron chi connectivity index (χ3n) is 8.73. The molecule has 0 aliphatic carbocycles. The lowest BCUT2D eigenvalue weighted by molar-refractivity contribution is -0.133. The third kappa shape index (κ3) is 5.08. The van der Waals surface area contributed by atoms with Crippen LogP contribution in [0.4, 0.5) is 0 Å². The minimum atomic E-state index is -0.364. The van der Waals surface area contributed by atoms with Crippen molar-refractivity contribution >= 4 is 27.8 Å². The van der Waals surface area contributed by atoms with Crippen molar-refractivity contribution in [2.45, 2.75) is 71.8 Å². The van der Waals surface area contributed by atoms with Crippen LogP contribution in [0.3, 0.4) is 0 Å².